The van der Waals surface area contributed by atoms with Gasteiger partial charge >= 0.3 is 0 Å². The molecule has 2 aromatic rings. The zero-order chi connectivity index (χ0) is 22.6. The molecule has 0 aliphatic rings. The van der Waals surface area contributed by atoms with Crippen molar-refractivity contribution in [1.82, 2.24) is 10.2 Å². The summed E-state index contributed by atoms with van der Waals surface area (Å²) in [6.45, 7) is 7.16. The Morgan fingerprint density at radius 2 is 1.74 bits per heavy atom. The molecule has 0 aromatic heterocycles. The molecule has 0 saturated heterocycles. The van der Waals surface area contributed by atoms with Gasteiger partial charge in [-0.1, -0.05) is 51.1 Å². The summed E-state index contributed by atoms with van der Waals surface area (Å²) < 4.78 is 19.0. The van der Waals surface area contributed by atoms with Crippen LogP contribution in [0.15, 0.2) is 54.6 Å². The molecule has 5 nitrogen and oxygen atoms in total. The van der Waals surface area contributed by atoms with Crippen molar-refractivity contribution in [3.05, 3.63) is 66.0 Å². The Kier molecular flexibility index (Phi) is 10.0. The van der Waals surface area contributed by atoms with Gasteiger partial charge in [0.15, 0.2) is 0 Å². The molecule has 0 radical (unpaired) electrons. The maximum atomic E-state index is 13.3. The maximum absolute atomic E-state index is 13.3. The van der Waals surface area contributed by atoms with Gasteiger partial charge in [0.05, 0.1) is 6.61 Å². The van der Waals surface area contributed by atoms with Crippen molar-refractivity contribution in [3.8, 4) is 5.75 Å². The summed E-state index contributed by atoms with van der Waals surface area (Å²) in [5.74, 6) is 0.469. The molecule has 6 heteroatoms. The number of para-hydroxylation sites is 1. The molecule has 0 heterocycles. The number of nitrogens with zero attached hydrogens (tertiary/aromatic N) is 1. The highest BCUT2D eigenvalue weighted by Gasteiger charge is 2.28. The summed E-state index contributed by atoms with van der Waals surface area (Å²) in [7, 11) is 0. The van der Waals surface area contributed by atoms with Gasteiger partial charge in [0.1, 0.15) is 17.6 Å². The van der Waals surface area contributed by atoms with Crippen LogP contribution < -0.4 is 10.1 Å². The third kappa shape index (κ3) is 8.40. The van der Waals surface area contributed by atoms with Crippen LogP contribution in [0.3, 0.4) is 0 Å². The Labute approximate surface area is 184 Å². The van der Waals surface area contributed by atoms with E-state index in [-0.39, 0.29) is 30.6 Å². The van der Waals surface area contributed by atoms with E-state index in [1.807, 2.05) is 51.1 Å². The van der Waals surface area contributed by atoms with Gasteiger partial charge in [-0.2, -0.15) is 0 Å². The van der Waals surface area contributed by atoms with Gasteiger partial charge in [0.25, 0.3) is 0 Å². The number of hydrogen-bond donors (Lipinski definition) is 1. The highest BCUT2D eigenvalue weighted by molar-refractivity contribution is 5.87. The molecule has 2 aromatic carbocycles. The van der Waals surface area contributed by atoms with Crippen molar-refractivity contribution in [1.29, 1.82) is 0 Å². The molecule has 2 amide bonds. The normalized spacial score (nSPS) is 11.8. The van der Waals surface area contributed by atoms with Crippen molar-refractivity contribution in [2.24, 2.45) is 5.92 Å². The van der Waals surface area contributed by atoms with Crippen LogP contribution in [0.5, 0.6) is 5.75 Å². The summed E-state index contributed by atoms with van der Waals surface area (Å²) in [6, 6.07) is 14.9. The summed E-state index contributed by atoms with van der Waals surface area (Å²) >= 11 is 0. The van der Waals surface area contributed by atoms with Crippen molar-refractivity contribution < 1.29 is 18.7 Å². The molecule has 0 saturated carbocycles. The van der Waals surface area contributed by atoms with E-state index in [1.54, 1.807) is 17.0 Å². The second-order valence-corrected chi connectivity index (χ2v) is 7.98. The third-order valence-corrected chi connectivity index (χ3v) is 4.88. The highest BCUT2D eigenvalue weighted by atomic mass is 19.1. The molecule has 31 heavy (non-hydrogen) atoms. The Morgan fingerprint density at radius 3 is 2.35 bits per heavy atom. The molecule has 1 atom stereocenters. The van der Waals surface area contributed by atoms with Crippen LogP contribution in [0.2, 0.25) is 0 Å². The van der Waals surface area contributed by atoms with Crippen LogP contribution in [0.4, 0.5) is 4.39 Å². The standard InChI is InChI=1S/C25H33FN2O3/c1-4-23(25(30)27-17-19(2)3)28(18-20-12-14-21(26)15-13-20)24(29)11-8-16-31-22-9-6-5-7-10-22/h5-7,9-10,12-15,19,23H,4,8,11,16-18H2,1-3H3,(H,27,30)/t23-/m1/s1. The van der Waals surface area contributed by atoms with Gasteiger partial charge in [-0.05, 0) is 48.6 Å². The van der Waals surface area contributed by atoms with E-state index in [9.17, 15) is 14.0 Å². The number of carbonyl (C=O) groups excluding carboxylic acids is 2. The second-order valence-electron chi connectivity index (χ2n) is 7.98. The van der Waals surface area contributed by atoms with Gasteiger partial charge in [0, 0.05) is 19.5 Å². The zero-order valence-corrected chi connectivity index (χ0v) is 18.6. The van der Waals surface area contributed by atoms with Crippen molar-refractivity contribution in [3.63, 3.8) is 0 Å². The lowest BCUT2D eigenvalue weighted by molar-refractivity contribution is -0.141. The number of rotatable bonds is 12. The minimum absolute atomic E-state index is 0.118. The number of benzene rings is 2. The van der Waals surface area contributed by atoms with Crippen molar-refractivity contribution in [2.45, 2.75) is 52.6 Å². The Morgan fingerprint density at radius 1 is 1.06 bits per heavy atom. The van der Waals surface area contributed by atoms with E-state index in [4.69, 9.17) is 4.74 Å². The fraction of sp³-hybridized carbons (Fsp3) is 0.440. The van der Waals surface area contributed by atoms with E-state index >= 15 is 0 Å². The Hall–Kier alpha value is -2.89. The molecule has 0 fully saturated rings. The van der Waals surface area contributed by atoms with Gasteiger partial charge < -0.3 is 15.0 Å². The minimum atomic E-state index is -0.577. The van der Waals surface area contributed by atoms with Gasteiger partial charge in [-0.25, -0.2) is 4.39 Å². The molecular formula is C25H33FN2O3. The molecular weight excluding hydrogens is 395 g/mol. The largest absolute Gasteiger partial charge is 0.494 e. The lowest BCUT2D eigenvalue weighted by Crippen LogP contribution is -2.49. The first kappa shape index (κ1) is 24.4. The van der Waals surface area contributed by atoms with E-state index in [0.29, 0.717) is 31.9 Å². The van der Waals surface area contributed by atoms with E-state index in [2.05, 4.69) is 5.32 Å². The molecule has 2 rings (SSSR count). The van der Waals surface area contributed by atoms with Crippen molar-refractivity contribution >= 4 is 11.8 Å². The first-order valence-corrected chi connectivity index (χ1v) is 10.9. The molecule has 0 aliphatic carbocycles. The lowest BCUT2D eigenvalue weighted by Gasteiger charge is -2.31. The van der Waals surface area contributed by atoms with Crippen LogP contribution >= 0.6 is 0 Å². The second kappa shape index (κ2) is 12.7. The Bertz CT molecular complexity index is 809. The molecule has 0 bridgehead atoms. The van der Waals surface area contributed by atoms with Crippen LogP contribution in [0.25, 0.3) is 0 Å². The van der Waals surface area contributed by atoms with E-state index < -0.39 is 6.04 Å². The molecule has 168 valence electrons. The number of carbonyl (C=O) groups is 2. The van der Waals surface area contributed by atoms with Crippen LogP contribution in [0, 0.1) is 11.7 Å². The number of hydrogen-bond acceptors (Lipinski definition) is 3. The monoisotopic (exact) mass is 428 g/mol. The molecule has 1 N–H and O–H groups in total. The van der Waals surface area contributed by atoms with Crippen molar-refractivity contribution in [2.75, 3.05) is 13.2 Å². The topological polar surface area (TPSA) is 58.6 Å². The van der Waals surface area contributed by atoms with Gasteiger partial charge in [-0.3, -0.25) is 9.59 Å². The highest BCUT2D eigenvalue weighted by Crippen LogP contribution is 2.16. The number of halogens is 1. The Balaban J connectivity index is 2.04. The number of ether oxygens (including phenoxy) is 1. The summed E-state index contributed by atoms with van der Waals surface area (Å²) in [4.78, 5) is 27.5. The first-order chi connectivity index (χ1) is 14.9. The van der Waals surface area contributed by atoms with Gasteiger partial charge in [0.2, 0.25) is 11.8 Å². The molecule has 0 spiro atoms. The first-order valence-electron chi connectivity index (χ1n) is 10.9. The average Bonchev–Trinajstić information content (AvgIpc) is 2.77. The summed E-state index contributed by atoms with van der Waals surface area (Å²) in [6.07, 6.45) is 1.30. The van der Waals surface area contributed by atoms with E-state index in [0.717, 1.165) is 11.3 Å². The minimum Gasteiger partial charge on any atom is -0.494 e. The van der Waals surface area contributed by atoms with Crippen LogP contribution in [-0.4, -0.2) is 35.9 Å². The van der Waals surface area contributed by atoms with Gasteiger partial charge in [-0.15, -0.1) is 0 Å². The number of nitrogens with one attached hydrogen (secondary N) is 1. The average molecular weight is 429 g/mol. The SMILES string of the molecule is CC[C@H](C(=O)NCC(C)C)N(Cc1ccc(F)cc1)C(=O)CCCOc1ccccc1. The fourth-order valence-electron chi connectivity index (χ4n) is 3.20. The summed E-state index contributed by atoms with van der Waals surface area (Å²) in [5, 5.41) is 2.93. The van der Waals surface area contributed by atoms with E-state index in [1.165, 1.54) is 12.1 Å². The van der Waals surface area contributed by atoms with Crippen LogP contribution in [0.1, 0.15) is 45.6 Å². The molecule has 0 unspecified atom stereocenters. The lowest BCUT2D eigenvalue weighted by atomic mass is 10.1. The number of amides is 2. The predicted molar refractivity (Wildman–Crippen MR) is 120 cm³/mol. The maximum Gasteiger partial charge on any atom is 0.242 e. The molecule has 0 aliphatic heterocycles. The van der Waals surface area contributed by atoms with Crippen LogP contribution in [-0.2, 0) is 16.1 Å². The predicted octanol–water partition coefficient (Wildman–Crippen LogP) is 4.56. The summed E-state index contributed by atoms with van der Waals surface area (Å²) in [5.41, 5.74) is 0.783. The smallest absolute Gasteiger partial charge is 0.242 e. The fourth-order valence-corrected chi connectivity index (χ4v) is 3.20. The quantitative estimate of drug-likeness (QED) is 0.504. The third-order valence-electron chi connectivity index (χ3n) is 4.88. The zero-order valence-electron chi connectivity index (χ0n) is 18.6.